The van der Waals surface area contributed by atoms with Crippen molar-refractivity contribution in [3.8, 4) is 11.8 Å². The number of nitriles is 1. The highest BCUT2D eigenvalue weighted by Crippen LogP contribution is 2.53. The van der Waals surface area contributed by atoms with E-state index in [-0.39, 0.29) is 79.1 Å². The van der Waals surface area contributed by atoms with Gasteiger partial charge in [0.05, 0.1) is 28.5 Å². The molecule has 3 aromatic rings. The first-order valence-electron chi connectivity index (χ1n) is 14.8. The normalized spacial score (nSPS) is 22.4. The number of sulfone groups is 1. The first-order chi connectivity index (χ1) is 22.0. The minimum absolute atomic E-state index is 0.00471. The maximum atomic E-state index is 14.6. The van der Waals surface area contributed by atoms with Crippen LogP contribution in [-0.4, -0.2) is 55.2 Å². The van der Waals surface area contributed by atoms with Crippen molar-refractivity contribution in [2.45, 2.75) is 66.9 Å². The zero-order valence-electron chi connectivity index (χ0n) is 24.5. The molecule has 2 aliphatic heterocycles. The van der Waals surface area contributed by atoms with E-state index in [9.17, 15) is 31.2 Å². The fourth-order valence-electron chi connectivity index (χ4n) is 7.15. The van der Waals surface area contributed by atoms with Gasteiger partial charge in [-0.05, 0) is 85.3 Å². The molecule has 2 fully saturated rings. The molecule has 46 heavy (non-hydrogen) atoms. The van der Waals surface area contributed by atoms with E-state index in [0.717, 1.165) is 24.3 Å². The highest BCUT2D eigenvalue weighted by Gasteiger charge is 2.61. The average molecular weight is 672 g/mol. The Morgan fingerprint density at radius 2 is 1.78 bits per heavy atom. The number of halogens is 4. The van der Waals surface area contributed by atoms with Crippen LogP contribution < -0.4 is 4.74 Å². The number of likely N-dealkylation sites (tertiary alicyclic amines) is 2. The summed E-state index contributed by atoms with van der Waals surface area (Å²) in [6.07, 6.45) is 1.28. The molecule has 8 nitrogen and oxygen atoms in total. The summed E-state index contributed by atoms with van der Waals surface area (Å²) in [7, 11) is -4.22. The number of carbonyl (C=O) groups excluding carboxylic acids is 2. The van der Waals surface area contributed by atoms with Crippen LogP contribution in [0, 0.1) is 28.8 Å². The van der Waals surface area contributed by atoms with Crippen molar-refractivity contribution in [3.63, 3.8) is 0 Å². The van der Waals surface area contributed by atoms with Crippen LogP contribution >= 0.6 is 11.6 Å². The molecule has 0 bridgehead atoms. The van der Waals surface area contributed by atoms with Crippen molar-refractivity contribution >= 4 is 33.3 Å². The molecule has 3 aliphatic rings. The van der Waals surface area contributed by atoms with E-state index in [0.29, 0.717) is 23.3 Å². The zero-order chi connectivity index (χ0) is 32.8. The van der Waals surface area contributed by atoms with Crippen LogP contribution in [0.5, 0.6) is 5.75 Å². The Balaban J connectivity index is 1.37. The molecule has 2 heterocycles. The predicted molar refractivity (Wildman–Crippen MR) is 161 cm³/mol. The SMILES string of the molecule is N#CCCN1C(=O)CC[C@H]1C(=O)N1CC[C@@]2(S(=O)(=O)c3ccc(F)cc3)c3ccc(OCc4cc(F)c(F)cc4Cl)cc3CC[C@@H]12. The van der Waals surface area contributed by atoms with Crippen LogP contribution in [0.15, 0.2) is 59.5 Å². The van der Waals surface area contributed by atoms with Gasteiger partial charge < -0.3 is 14.5 Å². The number of nitrogens with zero attached hydrogens (tertiary/aromatic N) is 3. The predicted octanol–water partition coefficient (Wildman–Crippen LogP) is 5.46. The third-order valence-corrected chi connectivity index (χ3v) is 12.2. The van der Waals surface area contributed by atoms with E-state index in [4.69, 9.17) is 21.6 Å². The number of amides is 2. The molecule has 0 saturated carbocycles. The van der Waals surface area contributed by atoms with E-state index in [1.54, 1.807) is 23.1 Å². The van der Waals surface area contributed by atoms with Crippen LogP contribution in [-0.2, 0) is 37.2 Å². The largest absolute Gasteiger partial charge is 0.489 e. The third kappa shape index (κ3) is 5.29. The zero-order valence-corrected chi connectivity index (χ0v) is 26.1. The van der Waals surface area contributed by atoms with Gasteiger partial charge in [-0.25, -0.2) is 21.6 Å². The van der Waals surface area contributed by atoms with E-state index in [1.165, 1.54) is 17.0 Å². The van der Waals surface area contributed by atoms with Crippen LogP contribution in [0.25, 0.3) is 0 Å². The van der Waals surface area contributed by atoms with Crippen molar-refractivity contribution < 1.29 is 35.9 Å². The number of benzene rings is 3. The molecule has 0 radical (unpaired) electrons. The van der Waals surface area contributed by atoms with Crippen LogP contribution in [0.1, 0.15) is 48.8 Å². The standard InChI is InChI=1S/C33H29ClF3N3O5S/c34-26-18-28(37)27(36)17-21(26)19-45-23-5-8-25-20(16-23)2-10-30-33(25,46(43,44)24-6-3-22(35)4-7-24)12-15-40(30)32(42)29-9-11-31(41)39(29)14-1-13-38/h3-8,16-18,29-30H,1-2,9-12,14-15,19H2/t29-,30+,33+/m0/s1. The first kappa shape index (κ1) is 31.9. The summed E-state index contributed by atoms with van der Waals surface area (Å²) in [4.78, 5) is 29.5. The van der Waals surface area contributed by atoms with Crippen LogP contribution in [0.4, 0.5) is 13.2 Å². The lowest BCUT2D eigenvalue weighted by Gasteiger charge is -2.43. The molecule has 0 aromatic heterocycles. The Bertz CT molecular complexity index is 1870. The van der Waals surface area contributed by atoms with E-state index >= 15 is 0 Å². The Morgan fingerprint density at radius 1 is 1.04 bits per heavy atom. The van der Waals surface area contributed by atoms with Gasteiger partial charge in [0.1, 0.15) is 29.0 Å². The number of hydrogen-bond donors (Lipinski definition) is 0. The van der Waals surface area contributed by atoms with Gasteiger partial charge in [-0.2, -0.15) is 5.26 Å². The smallest absolute Gasteiger partial charge is 0.245 e. The van der Waals surface area contributed by atoms with Gasteiger partial charge in [0, 0.05) is 25.1 Å². The molecule has 1 aliphatic carbocycles. The van der Waals surface area contributed by atoms with Crippen molar-refractivity contribution in [2.24, 2.45) is 0 Å². The monoisotopic (exact) mass is 671 g/mol. The van der Waals surface area contributed by atoms with Gasteiger partial charge in [-0.3, -0.25) is 9.59 Å². The molecule has 0 spiro atoms. The summed E-state index contributed by atoms with van der Waals surface area (Å²) in [5.41, 5.74) is 1.40. The second-order valence-electron chi connectivity index (χ2n) is 11.7. The van der Waals surface area contributed by atoms with Crippen molar-refractivity contribution in [3.05, 3.63) is 93.8 Å². The molecule has 6 rings (SSSR count). The molecule has 13 heteroatoms. The van der Waals surface area contributed by atoms with Crippen molar-refractivity contribution in [1.29, 1.82) is 5.26 Å². The van der Waals surface area contributed by atoms with Crippen LogP contribution in [0.2, 0.25) is 5.02 Å². The Hall–Kier alpha value is -4.08. The van der Waals surface area contributed by atoms with E-state index in [1.807, 2.05) is 6.07 Å². The number of hydrogen-bond acceptors (Lipinski definition) is 6. The molecule has 0 N–H and O–H groups in total. The summed E-state index contributed by atoms with van der Waals surface area (Å²) in [5.74, 6) is -2.95. The number of aryl methyl sites for hydroxylation is 1. The lowest BCUT2D eigenvalue weighted by atomic mass is 9.78. The molecule has 2 amide bonds. The highest BCUT2D eigenvalue weighted by molar-refractivity contribution is 7.92. The van der Waals surface area contributed by atoms with Gasteiger partial charge in [-0.15, -0.1) is 0 Å². The van der Waals surface area contributed by atoms with Crippen molar-refractivity contribution in [2.75, 3.05) is 13.1 Å². The van der Waals surface area contributed by atoms with Gasteiger partial charge >= 0.3 is 0 Å². The fourth-order valence-corrected chi connectivity index (χ4v) is 9.72. The minimum Gasteiger partial charge on any atom is -0.489 e. The quantitative estimate of drug-likeness (QED) is 0.233. The van der Waals surface area contributed by atoms with E-state index in [2.05, 4.69) is 0 Å². The lowest BCUT2D eigenvalue weighted by Crippen LogP contribution is -2.55. The highest BCUT2D eigenvalue weighted by atomic mass is 35.5. The summed E-state index contributed by atoms with van der Waals surface area (Å²) in [5, 5.41) is 9.07. The van der Waals surface area contributed by atoms with Gasteiger partial charge in [0.2, 0.25) is 11.8 Å². The van der Waals surface area contributed by atoms with Gasteiger partial charge in [-0.1, -0.05) is 17.7 Å². The van der Waals surface area contributed by atoms with Crippen LogP contribution in [0.3, 0.4) is 0 Å². The molecule has 240 valence electrons. The number of fused-ring (bicyclic) bond motifs is 3. The number of ether oxygens (including phenoxy) is 1. The van der Waals surface area contributed by atoms with Crippen molar-refractivity contribution in [1.82, 2.24) is 9.80 Å². The Labute approximate surface area is 269 Å². The van der Waals surface area contributed by atoms with E-state index < -0.39 is 44.1 Å². The average Bonchev–Trinajstić information content (AvgIpc) is 3.62. The maximum Gasteiger partial charge on any atom is 0.245 e. The summed E-state index contributed by atoms with van der Waals surface area (Å²) in [6.45, 7) is 0.0683. The molecular formula is C33H29ClF3N3O5S. The minimum atomic E-state index is -4.22. The summed E-state index contributed by atoms with van der Waals surface area (Å²) >= 11 is 6.06. The number of rotatable bonds is 8. The second kappa shape index (κ2) is 12.3. The molecule has 0 unspecified atom stereocenters. The summed E-state index contributed by atoms with van der Waals surface area (Å²) < 4.78 is 74.7. The fraction of sp³-hybridized carbons (Fsp3) is 0.364. The lowest BCUT2D eigenvalue weighted by molar-refractivity contribution is -0.142. The Morgan fingerprint density at radius 3 is 2.52 bits per heavy atom. The topological polar surface area (TPSA) is 108 Å². The molecule has 3 aromatic carbocycles. The summed E-state index contributed by atoms with van der Waals surface area (Å²) in [6, 6.07) is 11.8. The number of carbonyl (C=O) groups is 2. The Kier molecular flexibility index (Phi) is 8.50. The maximum absolute atomic E-state index is 14.6. The molecular weight excluding hydrogens is 643 g/mol. The first-order valence-corrected chi connectivity index (χ1v) is 16.7. The van der Waals surface area contributed by atoms with Gasteiger partial charge in [0.15, 0.2) is 21.5 Å². The van der Waals surface area contributed by atoms with Gasteiger partial charge in [0.25, 0.3) is 0 Å². The molecule has 2 saturated heterocycles. The third-order valence-electron chi connectivity index (χ3n) is 9.31. The second-order valence-corrected chi connectivity index (χ2v) is 14.3. The molecule has 3 atom stereocenters.